The average molecular weight is 292 g/mol. The molecule has 7 heteroatoms. The molecule has 0 saturated heterocycles. The molecule has 0 radical (unpaired) electrons. The number of aliphatic hydroxyl groups excluding tert-OH is 1. The van der Waals surface area contributed by atoms with Gasteiger partial charge in [0.15, 0.2) is 11.6 Å². The maximum Gasteiger partial charge on any atom is 0.187 e. The first kappa shape index (κ1) is 15.1. The first-order valence-electron chi connectivity index (χ1n) is 6.45. The lowest BCUT2D eigenvalue weighted by Gasteiger charge is -2.14. The van der Waals surface area contributed by atoms with E-state index in [0.717, 1.165) is 0 Å². The zero-order chi connectivity index (χ0) is 15.2. The van der Waals surface area contributed by atoms with E-state index in [1.807, 2.05) is 0 Å². The van der Waals surface area contributed by atoms with Gasteiger partial charge in [0.05, 0.1) is 6.61 Å². The van der Waals surface area contributed by atoms with Gasteiger partial charge < -0.3 is 20.9 Å². The lowest BCUT2D eigenvalue weighted by molar-refractivity contribution is 0.282. The van der Waals surface area contributed by atoms with Gasteiger partial charge in [0, 0.05) is 12.1 Å². The molecule has 0 spiro atoms. The van der Waals surface area contributed by atoms with Crippen molar-refractivity contribution in [3.63, 3.8) is 0 Å². The van der Waals surface area contributed by atoms with Crippen LogP contribution in [0.4, 0.5) is 10.2 Å². The SMILES string of the molecule is CNCCOc1c(N)ncnc1-c1cc(F)ccc1CO. The van der Waals surface area contributed by atoms with E-state index >= 15 is 0 Å². The van der Waals surface area contributed by atoms with Crippen LogP contribution in [-0.2, 0) is 6.61 Å². The number of ether oxygens (including phenoxy) is 1. The van der Waals surface area contributed by atoms with Crippen molar-refractivity contribution in [2.75, 3.05) is 25.9 Å². The van der Waals surface area contributed by atoms with E-state index in [1.54, 1.807) is 7.05 Å². The molecule has 0 bridgehead atoms. The normalized spacial score (nSPS) is 10.6. The van der Waals surface area contributed by atoms with Gasteiger partial charge in [0.2, 0.25) is 0 Å². The number of anilines is 1. The molecule has 112 valence electrons. The number of halogens is 1. The van der Waals surface area contributed by atoms with E-state index in [2.05, 4.69) is 15.3 Å². The summed E-state index contributed by atoms with van der Waals surface area (Å²) in [4.78, 5) is 8.01. The molecule has 1 aromatic carbocycles. The minimum absolute atomic E-state index is 0.171. The monoisotopic (exact) mass is 292 g/mol. The van der Waals surface area contributed by atoms with Gasteiger partial charge in [-0.3, -0.25) is 0 Å². The van der Waals surface area contributed by atoms with Gasteiger partial charge in [-0.05, 0) is 24.7 Å². The van der Waals surface area contributed by atoms with Gasteiger partial charge in [-0.1, -0.05) is 6.07 Å². The summed E-state index contributed by atoms with van der Waals surface area (Å²) in [5.41, 5.74) is 7.15. The van der Waals surface area contributed by atoms with Gasteiger partial charge in [-0.25, -0.2) is 14.4 Å². The molecule has 0 aliphatic rings. The Morgan fingerprint density at radius 3 is 2.90 bits per heavy atom. The Morgan fingerprint density at radius 1 is 1.38 bits per heavy atom. The minimum atomic E-state index is -0.430. The zero-order valence-electron chi connectivity index (χ0n) is 11.6. The summed E-state index contributed by atoms with van der Waals surface area (Å²) in [6, 6.07) is 4.07. The number of aliphatic hydroxyl groups is 1. The number of aromatic nitrogens is 2. The first-order valence-corrected chi connectivity index (χ1v) is 6.45. The predicted octanol–water partition coefficient (Wildman–Crippen LogP) is 0.955. The smallest absolute Gasteiger partial charge is 0.187 e. The van der Waals surface area contributed by atoms with Crippen molar-refractivity contribution < 1.29 is 14.2 Å². The highest BCUT2D eigenvalue weighted by atomic mass is 19.1. The molecule has 0 amide bonds. The van der Waals surface area contributed by atoms with E-state index in [4.69, 9.17) is 10.5 Å². The predicted molar refractivity (Wildman–Crippen MR) is 77.2 cm³/mol. The third-order valence-electron chi connectivity index (χ3n) is 2.93. The number of nitrogens with zero attached hydrogens (tertiary/aromatic N) is 2. The molecule has 0 atom stereocenters. The first-order chi connectivity index (χ1) is 10.2. The number of hydrogen-bond acceptors (Lipinski definition) is 6. The van der Waals surface area contributed by atoms with Crippen LogP contribution in [0, 0.1) is 5.82 Å². The van der Waals surface area contributed by atoms with E-state index < -0.39 is 5.82 Å². The molecule has 0 aliphatic carbocycles. The molecule has 0 unspecified atom stereocenters. The van der Waals surface area contributed by atoms with Crippen molar-refractivity contribution in [3.8, 4) is 17.0 Å². The number of hydrogen-bond donors (Lipinski definition) is 3. The maximum atomic E-state index is 13.5. The highest BCUT2D eigenvalue weighted by Gasteiger charge is 2.16. The lowest BCUT2D eigenvalue weighted by atomic mass is 10.0. The number of nitrogens with one attached hydrogen (secondary N) is 1. The molecular weight excluding hydrogens is 275 g/mol. The Labute approximate surface area is 121 Å². The third kappa shape index (κ3) is 3.45. The summed E-state index contributed by atoms with van der Waals surface area (Å²) in [6.45, 7) is 0.740. The molecule has 4 N–H and O–H groups in total. The van der Waals surface area contributed by atoms with Gasteiger partial charge in [0.1, 0.15) is 24.4 Å². The van der Waals surface area contributed by atoms with Crippen molar-refractivity contribution >= 4 is 5.82 Å². The third-order valence-corrected chi connectivity index (χ3v) is 2.93. The van der Waals surface area contributed by atoms with Crippen LogP contribution >= 0.6 is 0 Å². The number of rotatable bonds is 6. The summed E-state index contributed by atoms with van der Waals surface area (Å²) in [6.07, 6.45) is 1.28. The van der Waals surface area contributed by atoms with E-state index in [0.29, 0.717) is 30.0 Å². The Morgan fingerprint density at radius 2 is 2.19 bits per heavy atom. The number of likely N-dealkylation sites (N-methyl/N-ethyl adjacent to an activating group) is 1. The number of benzene rings is 1. The molecule has 0 saturated carbocycles. The van der Waals surface area contributed by atoms with Crippen molar-refractivity contribution in [2.45, 2.75) is 6.61 Å². The molecule has 21 heavy (non-hydrogen) atoms. The van der Waals surface area contributed by atoms with Crippen LogP contribution < -0.4 is 15.8 Å². The summed E-state index contributed by atoms with van der Waals surface area (Å²) in [5, 5.41) is 12.3. The second kappa shape index (κ2) is 6.96. The van der Waals surface area contributed by atoms with Gasteiger partial charge in [-0.2, -0.15) is 0 Å². The van der Waals surface area contributed by atoms with Crippen molar-refractivity contribution in [1.82, 2.24) is 15.3 Å². The summed E-state index contributed by atoms with van der Waals surface area (Å²) in [5.74, 6) is 0.0258. The average Bonchev–Trinajstić information content (AvgIpc) is 2.49. The Hall–Kier alpha value is -2.25. The molecule has 0 aliphatic heterocycles. The van der Waals surface area contributed by atoms with Crippen LogP contribution in [0.3, 0.4) is 0 Å². The molecular formula is C14H17FN4O2. The van der Waals surface area contributed by atoms with Crippen molar-refractivity contribution in [2.24, 2.45) is 0 Å². The summed E-state index contributed by atoms with van der Waals surface area (Å²) >= 11 is 0. The Bertz CT molecular complexity index is 622. The quantitative estimate of drug-likeness (QED) is 0.687. The molecule has 6 nitrogen and oxygen atoms in total. The highest BCUT2D eigenvalue weighted by molar-refractivity contribution is 5.74. The lowest BCUT2D eigenvalue weighted by Crippen LogP contribution is -2.17. The molecule has 1 heterocycles. The molecule has 1 aromatic heterocycles. The fraction of sp³-hybridized carbons (Fsp3) is 0.286. The van der Waals surface area contributed by atoms with Crippen LogP contribution in [0.5, 0.6) is 5.75 Å². The van der Waals surface area contributed by atoms with Crippen molar-refractivity contribution in [1.29, 1.82) is 0 Å². The van der Waals surface area contributed by atoms with Crippen molar-refractivity contribution in [3.05, 3.63) is 35.9 Å². The second-order valence-electron chi connectivity index (χ2n) is 4.35. The molecule has 2 aromatic rings. The fourth-order valence-corrected chi connectivity index (χ4v) is 1.88. The second-order valence-corrected chi connectivity index (χ2v) is 4.35. The number of nitrogens with two attached hydrogens (primary N) is 1. The maximum absolute atomic E-state index is 13.5. The zero-order valence-corrected chi connectivity index (χ0v) is 11.6. The van der Waals surface area contributed by atoms with Gasteiger partial charge in [0.25, 0.3) is 0 Å². The van der Waals surface area contributed by atoms with Gasteiger partial charge in [-0.15, -0.1) is 0 Å². The Balaban J connectivity index is 2.48. The van der Waals surface area contributed by atoms with Crippen LogP contribution in [0.15, 0.2) is 24.5 Å². The number of nitrogen functional groups attached to an aromatic ring is 1. The van der Waals surface area contributed by atoms with E-state index in [9.17, 15) is 9.50 Å². The van der Waals surface area contributed by atoms with Crippen LogP contribution in [0.2, 0.25) is 0 Å². The topological polar surface area (TPSA) is 93.3 Å². The largest absolute Gasteiger partial charge is 0.486 e. The standard InChI is InChI=1S/C14H17FN4O2/c1-17-4-5-21-13-12(18-8-19-14(13)16)11-6-10(15)3-2-9(11)7-20/h2-3,6,8,17,20H,4-5,7H2,1H3,(H2,16,18,19). The van der Waals surface area contributed by atoms with Crippen LogP contribution in [0.25, 0.3) is 11.3 Å². The molecule has 0 fully saturated rings. The van der Waals surface area contributed by atoms with E-state index in [1.165, 1.54) is 24.5 Å². The molecule has 2 rings (SSSR count). The summed E-state index contributed by atoms with van der Waals surface area (Å²) < 4.78 is 19.1. The summed E-state index contributed by atoms with van der Waals surface area (Å²) in [7, 11) is 1.80. The fourth-order valence-electron chi connectivity index (χ4n) is 1.88. The highest BCUT2D eigenvalue weighted by Crippen LogP contribution is 2.34. The van der Waals surface area contributed by atoms with Gasteiger partial charge >= 0.3 is 0 Å². The van der Waals surface area contributed by atoms with E-state index in [-0.39, 0.29) is 18.2 Å². The minimum Gasteiger partial charge on any atom is -0.486 e. The van der Waals surface area contributed by atoms with Crippen LogP contribution in [0.1, 0.15) is 5.56 Å². The van der Waals surface area contributed by atoms with Crippen LogP contribution in [-0.4, -0.2) is 35.3 Å². The Kier molecular flexibility index (Phi) is 5.02.